The fourth-order valence-corrected chi connectivity index (χ4v) is 5.28. The van der Waals surface area contributed by atoms with Crippen LogP contribution in [-0.4, -0.2) is 69.1 Å². The van der Waals surface area contributed by atoms with Crippen molar-refractivity contribution in [1.82, 2.24) is 9.47 Å². The Bertz CT molecular complexity index is 1090. The first kappa shape index (κ1) is 26.4. The summed E-state index contributed by atoms with van der Waals surface area (Å²) in [6, 6.07) is 7.01. The predicted molar refractivity (Wildman–Crippen MR) is 129 cm³/mol. The molecule has 1 aliphatic carbocycles. The Morgan fingerprint density at radius 3 is 2.31 bits per heavy atom. The van der Waals surface area contributed by atoms with Gasteiger partial charge in [-0.05, 0) is 50.4 Å². The number of benzene rings is 1. The third-order valence-corrected chi connectivity index (χ3v) is 6.82. The number of carboxylic acid groups (broad SMARTS) is 2. The van der Waals surface area contributed by atoms with E-state index in [0.29, 0.717) is 18.5 Å². The smallest absolute Gasteiger partial charge is 0.310 e. The van der Waals surface area contributed by atoms with E-state index >= 15 is 0 Å². The van der Waals surface area contributed by atoms with Gasteiger partial charge >= 0.3 is 17.9 Å². The number of Topliss-reactive ketones (excluding diaryl/α,β-unsaturated/α-hetero) is 1. The molecule has 1 saturated heterocycles. The molecule has 1 aromatic carbocycles. The molecule has 190 valence electrons. The van der Waals surface area contributed by atoms with Gasteiger partial charge in [-0.3, -0.25) is 24.1 Å². The number of esters is 1. The highest BCUT2D eigenvalue weighted by molar-refractivity contribution is 5.89. The van der Waals surface area contributed by atoms with Crippen LogP contribution in [0, 0.1) is 5.92 Å². The zero-order valence-electron chi connectivity index (χ0n) is 20.5. The molecule has 0 spiro atoms. The monoisotopic (exact) mass is 486 g/mol. The Morgan fingerprint density at radius 2 is 1.74 bits per heavy atom. The van der Waals surface area contributed by atoms with Crippen LogP contribution in [0.4, 0.5) is 0 Å². The van der Waals surface area contributed by atoms with Crippen LogP contribution < -0.4 is 0 Å². The van der Waals surface area contributed by atoms with Crippen LogP contribution >= 0.6 is 0 Å². The molecule has 1 aliphatic heterocycles. The maximum absolute atomic E-state index is 12.6. The van der Waals surface area contributed by atoms with E-state index in [9.17, 15) is 19.2 Å². The van der Waals surface area contributed by atoms with E-state index in [2.05, 4.69) is 47.7 Å². The molecule has 0 saturated carbocycles. The van der Waals surface area contributed by atoms with Crippen molar-refractivity contribution in [3.05, 3.63) is 35.5 Å². The van der Waals surface area contributed by atoms with Crippen LogP contribution in [-0.2, 0) is 36.9 Å². The van der Waals surface area contributed by atoms with Crippen molar-refractivity contribution in [3.8, 4) is 0 Å². The van der Waals surface area contributed by atoms with Crippen molar-refractivity contribution in [1.29, 1.82) is 0 Å². The minimum atomic E-state index is -1.08. The summed E-state index contributed by atoms with van der Waals surface area (Å²) in [6.07, 6.45) is 3.55. The number of aromatic nitrogens is 1. The van der Waals surface area contributed by atoms with Crippen molar-refractivity contribution in [3.63, 3.8) is 0 Å². The number of ether oxygens (including phenoxy) is 1. The fourth-order valence-electron chi connectivity index (χ4n) is 5.28. The van der Waals surface area contributed by atoms with Crippen LogP contribution in [0.5, 0.6) is 0 Å². The summed E-state index contributed by atoms with van der Waals surface area (Å²) in [7, 11) is 0. The van der Waals surface area contributed by atoms with Crippen LogP contribution in [0.25, 0.3) is 10.9 Å². The van der Waals surface area contributed by atoms with Crippen molar-refractivity contribution >= 4 is 34.6 Å². The van der Waals surface area contributed by atoms with Gasteiger partial charge in [0.05, 0.1) is 18.8 Å². The molecule has 2 heterocycles. The lowest BCUT2D eigenvalue weighted by atomic mass is 9.72. The van der Waals surface area contributed by atoms with Gasteiger partial charge in [-0.2, -0.15) is 0 Å². The van der Waals surface area contributed by atoms with Gasteiger partial charge < -0.3 is 19.5 Å². The van der Waals surface area contributed by atoms with E-state index in [4.69, 9.17) is 14.9 Å². The van der Waals surface area contributed by atoms with E-state index in [-0.39, 0.29) is 37.1 Å². The van der Waals surface area contributed by atoms with Crippen molar-refractivity contribution < 1.29 is 34.1 Å². The van der Waals surface area contributed by atoms with Crippen molar-refractivity contribution in [2.75, 3.05) is 19.7 Å². The maximum atomic E-state index is 12.6. The van der Waals surface area contributed by atoms with Crippen molar-refractivity contribution in [2.24, 2.45) is 5.92 Å². The second kappa shape index (κ2) is 11.5. The van der Waals surface area contributed by atoms with Gasteiger partial charge in [0.2, 0.25) is 0 Å². The zero-order valence-corrected chi connectivity index (χ0v) is 20.5. The molecule has 0 radical (unpaired) electrons. The Balaban J connectivity index is 0.000000371. The number of aryl methyl sites for hydroxylation is 1. The molecule has 9 nitrogen and oxygen atoms in total. The SMILES string of the molecule is CCN1C[C@H](C(=O)OCC(C)=O)C[C@@H]2c3cccc4c3c(cn4CC)C[C@H]21.O=C(O)CCC(=O)O. The first-order valence-electron chi connectivity index (χ1n) is 12.1. The van der Waals surface area contributed by atoms with Gasteiger partial charge in [0, 0.05) is 42.1 Å². The summed E-state index contributed by atoms with van der Waals surface area (Å²) in [5.41, 5.74) is 4.10. The first-order chi connectivity index (χ1) is 16.7. The first-order valence-corrected chi connectivity index (χ1v) is 12.1. The number of carbonyl (C=O) groups excluding carboxylic acids is 2. The third kappa shape index (κ3) is 6.08. The van der Waals surface area contributed by atoms with Crippen LogP contribution in [0.2, 0.25) is 0 Å². The van der Waals surface area contributed by atoms with E-state index in [1.807, 2.05) is 0 Å². The molecular formula is C26H34N2O7. The normalized spacial score (nSPS) is 20.9. The highest BCUT2D eigenvalue weighted by atomic mass is 16.5. The van der Waals surface area contributed by atoms with Gasteiger partial charge in [0.1, 0.15) is 6.61 Å². The summed E-state index contributed by atoms with van der Waals surface area (Å²) < 4.78 is 7.59. The summed E-state index contributed by atoms with van der Waals surface area (Å²) in [5, 5.41) is 17.2. The Labute approximate surface area is 204 Å². The lowest BCUT2D eigenvalue weighted by Gasteiger charge is -2.46. The summed E-state index contributed by atoms with van der Waals surface area (Å²) >= 11 is 0. The largest absolute Gasteiger partial charge is 0.481 e. The van der Waals surface area contributed by atoms with Gasteiger partial charge in [0.15, 0.2) is 5.78 Å². The fraction of sp³-hybridized carbons (Fsp3) is 0.538. The molecule has 1 aromatic heterocycles. The number of nitrogens with zero attached hydrogens (tertiary/aromatic N) is 2. The summed E-state index contributed by atoms with van der Waals surface area (Å²) in [5.74, 6) is -2.34. The Morgan fingerprint density at radius 1 is 1.06 bits per heavy atom. The van der Waals surface area contributed by atoms with E-state index < -0.39 is 11.9 Å². The van der Waals surface area contributed by atoms with Gasteiger partial charge in [-0.15, -0.1) is 0 Å². The van der Waals surface area contributed by atoms with Crippen LogP contribution in [0.1, 0.15) is 57.1 Å². The Kier molecular flexibility index (Phi) is 8.67. The number of hydrogen-bond donors (Lipinski definition) is 2. The van der Waals surface area contributed by atoms with Crippen LogP contribution in [0.3, 0.4) is 0 Å². The molecule has 2 aromatic rings. The van der Waals surface area contributed by atoms with Gasteiger partial charge in [-0.25, -0.2) is 0 Å². The van der Waals surface area contributed by atoms with Gasteiger partial charge in [0.25, 0.3) is 0 Å². The Hall–Kier alpha value is -3.20. The summed E-state index contributed by atoms with van der Waals surface area (Å²) in [6.45, 7) is 8.27. The average molecular weight is 487 g/mol. The molecule has 0 unspecified atom stereocenters. The molecule has 2 aliphatic rings. The minimum Gasteiger partial charge on any atom is -0.481 e. The molecule has 0 amide bonds. The second-order valence-corrected chi connectivity index (χ2v) is 9.18. The maximum Gasteiger partial charge on any atom is 0.310 e. The lowest BCUT2D eigenvalue weighted by Crippen LogP contribution is -2.51. The molecule has 1 fully saturated rings. The topological polar surface area (TPSA) is 126 Å². The number of hydrogen-bond acceptors (Lipinski definition) is 6. The summed E-state index contributed by atoms with van der Waals surface area (Å²) in [4.78, 5) is 45.5. The quantitative estimate of drug-likeness (QED) is 0.545. The number of rotatable bonds is 8. The molecule has 3 atom stereocenters. The number of piperidine rings is 1. The molecule has 2 N–H and O–H groups in total. The number of ketones is 1. The predicted octanol–water partition coefficient (Wildman–Crippen LogP) is 3.08. The van der Waals surface area contributed by atoms with E-state index in [1.165, 1.54) is 29.0 Å². The zero-order chi connectivity index (χ0) is 25.7. The highest BCUT2D eigenvalue weighted by Gasteiger charge is 2.43. The standard InChI is InChI=1S/C22H28N2O3.C4H6O4/c1-4-23-11-15-10-20-18(17-7-6-8-19(23)21(15)17)9-16(12-24(20)5-2)22(26)27-13-14(3)25;5-3(6)1-2-4(7)8/h6-8,11,16,18,20H,4-5,9-10,12-13H2,1-3H3;1-2H2,(H,5,6)(H,7,8)/t16-,18-,20-;/m1./s1. The van der Waals surface area contributed by atoms with Crippen molar-refractivity contribution in [2.45, 2.75) is 65.0 Å². The van der Waals surface area contributed by atoms with E-state index in [1.54, 1.807) is 0 Å². The van der Waals surface area contributed by atoms with Gasteiger partial charge in [-0.1, -0.05) is 19.1 Å². The molecule has 0 bridgehead atoms. The molecule has 9 heteroatoms. The lowest BCUT2D eigenvalue weighted by molar-refractivity contribution is -0.154. The molecule has 4 rings (SSSR count). The number of carboxylic acids is 2. The average Bonchev–Trinajstić information content (AvgIpc) is 3.20. The second-order valence-electron chi connectivity index (χ2n) is 9.18. The number of fused-ring (bicyclic) bond motifs is 2. The molecule has 35 heavy (non-hydrogen) atoms. The number of likely N-dealkylation sites (tertiary alicyclic amines) is 1. The minimum absolute atomic E-state index is 0.114. The number of carbonyl (C=O) groups is 4. The van der Waals surface area contributed by atoms with Crippen LogP contribution in [0.15, 0.2) is 24.4 Å². The van der Waals surface area contributed by atoms with E-state index in [0.717, 1.165) is 25.9 Å². The number of aliphatic carboxylic acids is 2. The third-order valence-electron chi connectivity index (χ3n) is 6.82. The number of likely N-dealkylation sites (N-methyl/N-ethyl adjacent to an activating group) is 1. The highest BCUT2D eigenvalue weighted by Crippen LogP contribution is 2.45. The molecular weight excluding hydrogens is 452 g/mol.